The zero-order valence-electron chi connectivity index (χ0n) is 10.2. The molecule has 0 saturated carbocycles. The van der Waals surface area contributed by atoms with Gasteiger partial charge in [-0.05, 0) is 18.1 Å². The number of H-pyrrole nitrogens is 1. The van der Waals surface area contributed by atoms with Crippen molar-refractivity contribution in [2.75, 3.05) is 13.1 Å². The molecule has 2 heterocycles. The smallest absolute Gasteiger partial charge is 0.295 e. The van der Waals surface area contributed by atoms with Crippen LogP contribution in [0.4, 0.5) is 0 Å². The van der Waals surface area contributed by atoms with Gasteiger partial charge in [0.15, 0.2) is 0 Å². The zero-order chi connectivity index (χ0) is 12.3. The van der Waals surface area contributed by atoms with E-state index in [0.29, 0.717) is 12.6 Å². The molecular weight excluding hydrogens is 220 g/mol. The molecule has 17 heavy (non-hydrogen) atoms. The van der Waals surface area contributed by atoms with Gasteiger partial charge >= 0.3 is 0 Å². The highest BCUT2D eigenvalue weighted by atomic mass is 16.2. The maximum absolute atomic E-state index is 12.2. The lowest BCUT2D eigenvalue weighted by atomic mass is 10.1. The van der Waals surface area contributed by atoms with Crippen molar-refractivity contribution in [1.29, 1.82) is 0 Å². The van der Waals surface area contributed by atoms with E-state index in [1.54, 1.807) is 0 Å². The third kappa shape index (κ3) is 2.44. The number of hydrogen-bond donors (Lipinski definition) is 2. The van der Waals surface area contributed by atoms with E-state index in [9.17, 15) is 4.79 Å². The van der Waals surface area contributed by atoms with Crippen LogP contribution in [0.1, 0.15) is 37.3 Å². The van der Waals surface area contributed by atoms with Crippen molar-refractivity contribution in [3.8, 4) is 0 Å². The fourth-order valence-corrected chi connectivity index (χ4v) is 2.13. The Kier molecular flexibility index (Phi) is 3.68. The number of rotatable bonds is 3. The maximum Gasteiger partial charge on any atom is 0.295 e. The van der Waals surface area contributed by atoms with E-state index in [1.807, 2.05) is 4.90 Å². The average Bonchev–Trinajstić information content (AvgIpc) is 2.91. The summed E-state index contributed by atoms with van der Waals surface area (Å²) < 4.78 is 0. The van der Waals surface area contributed by atoms with Gasteiger partial charge in [-0.1, -0.05) is 13.8 Å². The number of tetrazole rings is 1. The second kappa shape index (κ2) is 5.22. The number of aromatic nitrogens is 4. The molecule has 0 bridgehead atoms. The van der Waals surface area contributed by atoms with Crippen LogP contribution in [0.3, 0.4) is 0 Å². The summed E-state index contributed by atoms with van der Waals surface area (Å²) in [7, 11) is 0. The summed E-state index contributed by atoms with van der Waals surface area (Å²) >= 11 is 0. The third-order valence-electron chi connectivity index (χ3n) is 3.26. The van der Waals surface area contributed by atoms with E-state index in [2.05, 4.69) is 39.8 Å². The Bertz CT molecular complexity index is 365. The molecule has 1 aliphatic heterocycles. The summed E-state index contributed by atoms with van der Waals surface area (Å²) in [6.45, 7) is 5.73. The van der Waals surface area contributed by atoms with Crippen LogP contribution >= 0.6 is 0 Å². The number of carbonyl (C=O) groups excluding carboxylic acids is 1. The number of carbonyl (C=O) groups is 1. The quantitative estimate of drug-likeness (QED) is 0.761. The molecule has 1 aromatic heterocycles. The lowest BCUT2D eigenvalue weighted by Crippen LogP contribution is -2.58. The SMILES string of the molecule is CCC1CN(C(=O)c2nn[nH]n2)C(CC)CN1. The van der Waals surface area contributed by atoms with Gasteiger partial charge in [-0.15, -0.1) is 10.2 Å². The number of hydrogen-bond acceptors (Lipinski definition) is 5. The standard InChI is InChI=1S/C10H18N6O/c1-3-7-6-16(8(4-2)5-11-7)10(17)9-12-14-15-13-9/h7-8,11H,3-6H2,1-2H3,(H,12,13,14,15). The summed E-state index contributed by atoms with van der Waals surface area (Å²) in [4.78, 5) is 14.1. The minimum Gasteiger partial charge on any atom is -0.330 e. The summed E-state index contributed by atoms with van der Waals surface area (Å²) in [6.07, 6.45) is 1.93. The van der Waals surface area contributed by atoms with Gasteiger partial charge in [-0.3, -0.25) is 4.79 Å². The molecule has 1 aromatic rings. The van der Waals surface area contributed by atoms with E-state index in [1.165, 1.54) is 0 Å². The van der Waals surface area contributed by atoms with E-state index in [4.69, 9.17) is 0 Å². The minimum absolute atomic E-state index is 0.134. The van der Waals surface area contributed by atoms with E-state index in [0.717, 1.165) is 19.4 Å². The summed E-state index contributed by atoms with van der Waals surface area (Å²) in [6, 6.07) is 0.567. The topological polar surface area (TPSA) is 86.8 Å². The van der Waals surface area contributed by atoms with Crippen molar-refractivity contribution in [2.45, 2.75) is 38.8 Å². The monoisotopic (exact) mass is 238 g/mol. The minimum atomic E-state index is -0.134. The van der Waals surface area contributed by atoms with Crippen molar-refractivity contribution in [2.24, 2.45) is 0 Å². The molecule has 2 unspecified atom stereocenters. The van der Waals surface area contributed by atoms with Crippen molar-refractivity contribution in [3.63, 3.8) is 0 Å². The summed E-state index contributed by atoms with van der Waals surface area (Å²) in [5.41, 5.74) is 0. The highest BCUT2D eigenvalue weighted by Crippen LogP contribution is 2.14. The Morgan fingerprint density at radius 1 is 1.47 bits per heavy atom. The molecule has 1 aliphatic rings. The van der Waals surface area contributed by atoms with Crippen LogP contribution < -0.4 is 5.32 Å². The van der Waals surface area contributed by atoms with Crippen molar-refractivity contribution >= 4 is 5.91 Å². The summed E-state index contributed by atoms with van der Waals surface area (Å²) in [5.74, 6) is 0.0192. The van der Waals surface area contributed by atoms with Gasteiger partial charge in [0, 0.05) is 25.2 Å². The number of nitrogens with one attached hydrogen (secondary N) is 2. The Morgan fingerprint density at radius 3 is 2.88 bits per heavy atom. The van der Waals surface area contributed by atoms with Crippen molar-refractivity contribution in [1.82, 2.24) is 30.8 Å². The molecule has 2 atom stereocenters. The van der Waals surface area contributed by atoms with Gasteiger partial charge in [0.1, 0.15) is 0 Å². The predicted molar refractivity (Wildman–Crippen MR) is 61.4 cm³/mol. The third-order valence-corrected chi connectivity index (χ3v) is 3.26. The maximum atomic E-state index is 12.2. The Morgan fingerprint density at radius 2 is 2.29 bits per heavy atom. The van der Waals surface area contributed by atoms with E-state index < -0.39 is 0 Å². The van der Waals surface area contributed by atoms with Gasteiger partial charge in [0.05, 0.1) is 0 Å². The molecule has 0 aromatic carbocycles. The largest absolute Gasteiger partial charge is 0.330 e. The van der Waals surface area contributed by atoms with Crippen molar-refractivity contribution < 1.29 is 4.79 Å². The molecule has 2 N–H and O–H groups in total. The average molecular weight is 238 g/mol. The molecule has 7 heteroatoms. The van der Waals surface area contributed by atoms with Crippen LogP contribution in [0.2, 0.25) is 0 Å². The first-order chi connectivity index (χ1) is 8.26. The van der Waals surface area contributed by atoms with Gasteiger partial charge in [-0.25, -0.2) is 0 Å². The second-order valence-corrected chi connectivity index (χ2v) is 4.27. The zero-order valence-corrected chi connectivity index (χ0v) is 10.2. The second-order valence-electron chi connectivity index (χ2n) is 4.27. The molecule has 0 aliphatic carbocycles. The van der Waals surface area contributed by atoms with Crippen LogP contribution in [0.15, 0.2) is 0 Å². The van der Waals surface area contributed by atoms with E-state index >= 15 is 0 Å². The van der Waals surface area contributed by atoms with Crippen LogP contribution in [-0.4, -0.2) is 56.6 Å². The number of aromatic amines is 1. The number of nitrogens with zero attached hydrogens (tertiary/aromatic N) is 4. The van der Waals surface area contributed by atoms with Crippen molar-refractivity contribution in [3.05, 3.63) is 5.82 Å². The molecule has 94 valence electrons. The number of piperazine rings is 1. The highest BCUT2D eigenvalue weighted by molar-refractivity contribution is 5.90. The lowest BCUT2D eigenvalue weighted by Gasteiger charge is -2.39. The highest BCUT2D eigenvalue weighted by Gasteiger charge is 2.31. The first-order valence-electron chi connectivity index (χ1n) is 6.04. The first kappa shape index (κ1) is 12.0. The van der Waals surface area contributed by atoms with Crippen LogP contribution in [0.5, 0.6) is 0 Å². The molecule has 0 spiro atoms. The molecular formula is C10H18N6O. The van der Waals surface area contributed by atoms with Gasteiger partial charge in [-0.2, -0.15) is 5.21 Å². The molecule has 0 radical (unpaired) electrons. The Hall–Kier alpha value is -1.50. The Labute approximate surface area is 100.0 Å². The molecule has 1 fully saturated rings. The van der Waals surface area contributed by atoms with Gasteiger partial charge in [0.25, 0.3) is 11.7 Å². The summed E-state index contributed by atoms with van der Waals surface area (Å²) in [5, 5.41) is 16.7. The fraction of sp³-hybridized carbons (Fsp3) is 0.800. The van der Waals surface area contributed by atoms with Crippen LogP contribution in [0.25, 0.3) is 0 Å². The van der Waals surface area contributed by atoms with E-state index in [-0.39, 0.29) is 17.8 Å². The number of amides is 1. The van der Waals surface area contributed by atoms with Gasteiger partial charge in [0.2, 0.25) is 0 Å². The molecule has 2 rings (SSSR count). The predicted octanol–water partition coefficient (Wildman–Crippen LogP) is -0.198. The lowest BCUT2D eigenvalue weighted by molar-refractivity contribution is 0.0563. The molecule has 7 nitrogen and oxygen atoms in total. The Balaban J connectivity index is 2.12. The van der Waals surface area contributed by atoms with Gasteiger partial charge < -0.3 is 10.2 Å². The normalized spacial score (nSPS) is 24.9. The first-order valence-corrected chi connectivity index (χ1v) is 6.04. The van der Waals surface area contributed by atoms with Crippen LogP contribution in [0, 0.1) is 0 Å². The fourth-order valence-electron chi connectivity index (χ4n) is 2.13. The molecule has 1 saturated heterocycles. The van der Waals surface area contributed by atoms with Crippen LogP contribution in [-0.2, 0) is 0 Å². The molecule has 1 amide bonds.